The third-order valence-corrected chi connectivity index (χ3v) is 8.22. The standard InChI is InChI=1S/C26H25BrN2OS/c1-16-22-6-4-3-5-20(22)15-23(16)26(30)29-13-11-19(12-14-29)25-28-24(17(2)31-25)18-7-9-21(27)10-8-18/h3-10,19H,11-15H2,1-2H3. The van der Waals surface area contributed by atoms with Crippen molar-refractivity contribution >= 4 is 38.7 Å². The molecule has 0 atom stereocenters. The van der Waals surface area contributed by atoms with Crippen LogP contribution < -0.4 is 0 Å². The van der Waals surface area contributed by atoms with E-state index in [4.69, 9.17) is 4.98 Å². The van der Waals surface area contributed by atoms with Gasteiger partial charge in [0.25, 0.3) is 0 Å². The Morgan fingerprint density at radius 2 is 1.77 bits per heavy atom. The van der Waals surface area contributed by atoms with Crippen molar-refractivity contribution in [2.45, 2.75) is 39.0 Å². The molecule has 3 nitrogen and oxygen atoms in total. The number of benzene rings is 2. The van der Waals surface area contributed by atoms with Gasteiger partial charge in [0.15, 0.2) is 0 Å². The van der Waals surface area contributed by atoms with E-state index in [2.05, 4.69) is 83.2 Å². The maximum atomic E-state index is 13.2. The Bertz CT molecular complexity index is 1170. The molecular formula is C26H25BrN2OS. The minimum Gasteiger partial charge on any atom is -0.339 e. The SMILES string of the molecule is CC1=C(C(=O)N2CCC(c3nc(-c4ccc(Br)cc4)c(C)s3)CC2)Cc2ccccc21. The lowest BCUT2D eigenvalue weighted by atomic mass is 9.96. The molecule has 2 aliphatic rings. The fourth-order valence-electron chi connectivity index (χ4n) is 4.75. The van der Waals surface area contributed by atoms with Crippen LogP contribution in [0, 0.1) is 6.92 Å². The zero-order valence-electron chi connectivity index (χ0n) is 17.8. The van der Waals surface area contributed by atoms with Crippen molar-refractivity contribution < 1.29 is 4.79 Å². The predicted octanol–water partition coefficient (Wildman–Crippen LogP) is 6.62. The fraction of sp³-hybridized carbons (Fsp3) is 0.308. The second kappa shape index (κ2) is 8.36. The Kier molecular flexibility index (Phi) is 5.57. The highest BCUT2D eigenvalue weighted by molar-refractivity contribution is 9.10. The van der Waals surface area contributed by atoms with Gasteiger partial charge in [0.05, 0.1) is 10.7 Å². The van der Waals surface area contributed by atoms with E-state index >= 15 is 0 Å². The quantitative estimate of drug-likeness (QED) is 0.411. The summed E-state index contributed by atoms with van der Waals surface area (Å²) in [6.45, 7) is 5.86. The normalized spacial score (nSPS) is 16.7. The molecule has 0 spiro atoms. The van der Waals surface area contributed by atoms with Crippen LogP contribution in [-0.2, 0) is 11.2 Å². The summed E-state index contributed by atoms with van der Waals surface area (Å²) in [6.07, 6.45) is 2.73. The number of halogens is 1. The third kappa shape index (κ3) is 3.90. The first kappa shape index (κ1) is 20.7. The third-order valence-electron chi connectivity index (χ3n) is 6.56. The lowest BCUT2D eigenvalue weighted by Gasteiger charge is -2.31. The molecule has 0 N–H and O–H groups in total. The molecule has 5 rings (SSSR count). The van der Waals surface area contributed by atoms with Crippen molar-refractivity contribution in [1.29, 1.82) is 0 Å². The molecule has 1 aliphatic carbocycles. The minimum absolute atomic E-state index is 0.220. The molecule has 31 heavy (non-hydrogen) atoms. The van der Waals surface area contributed by atoms with Crippen LogP contribution in [0.15, 0.2) is 58.6 Å². The number of nitrogens with zero attached hydrogens (tertiary/aromatic N) is 2. The number of piperidine rings is 1. The zero-order chi connectivity index (χ0) is 21.5. The van der Waals surface area contributed by atoms with E-state index in [0.29, 0.717) is 5.92 Å². The number of likely N-dealkylation sites (tertiary alicyclic amines) is 1. The average molecular weight is 493 g/mol. The van der Waals surface area contributed by atoms with Gasteiger partial charge in [0.2, 0.25) is 5.91 Å². The van der Waals surface area contributed by atoms with Gasteiger partial charge in [-0.25, -0.2) is 4.98 Å². The summed E-state index contributed by atoms with van der Waals surface area (Å²) in [5.41, 5.74) is 6.89. The Balaban J connectivity index is 1.27. The number of hydrogen-bond donors (Lipinski definition) is 0. The Hall–Kier alpha value is -2.24. The summed E-state index contributed by atoms with van der Waals surface area (Å²) in [4.78, 5) is 21.6. The molecule has 0 bridgehead atoms. The van der Waals surface area contributed by atoms with Crippen LogP contribution in [0.3, 0.4) is 0 Å². The molecule has 1 saturated heterocycles. The van der Waals surface area contributed by atoms with E-state index in [9.17, 15) is 4.79 Å². The van der Waals surface area contributed by atoms with Gasteiger partial charge in [0.1, 0.15) is 0 Å². The summed E-state index contributed by atoms with van der Waals surface area (Å²) < 4.78 is 1.08. The first-order valence-corrected chi connectivity index (χ1v) is 12.4. The van der Waals surface area contributed by atoms with Crippen molar-refractivity contribution in [3.05, 3.63) is 79.6 Å². The highest BCUT2D eigenvalue weighted by Gasteiger charge is 2.31. The van der Waals surface area contributed by atoms with Crippen LogP contribution >= 0.6 is 27.3 Å². The van der Waals surface area contributed by atoms with Gasteiger partial charge in [-0.1, -0.05) is 52.3 Å². The smallest absolute Gasteiger partial charge is 0.250 e. The molecular weight excluding hydrogens is 468 g/mol. The number of carbonyl (C=O) groups is 1. The zero-order valence-corrected chi connectivity index (χ0v) is 20.2. The van der Waals surface area contributed by atoms with Crippen LogP contribution in [0.4, 0.5) is 0 Å². The largest absolute Gasteiger partial charge is 0.339 e. The van der Waals surface area contributed by atoms with E-state index < -0.39 is 0 Å². The van der Waals surface area contributed by atoms with Crippen molar-refractivity contribution in [2.24, 2.45) is 0 Å². The second-order valence-electron chi connectivity index (χ2n) is 8.47. The van der Waals surface area contributed by atoms with Crippen LogP contribution in [0.1, 0.15) is 46.7 Å². The molecule has 0 radical (unpaired) electrons. The second-order valence-corrected chi connectivity index (χ2v) is 10.6. The average Bonchev–Trinajstić information content (AvgIpc) is 3.34. The molecule has 1 amide bonds. The van der Waals surface area contributed by atoms with Crippen molar-refractivity contribution in [3.63, 3.8) is 0 Å². The van der Waals surface area contributed by atoms with Gasteiger partial charge in [-0.3, -0.25) is 4.79 Å². The molecule has 0 unspecified atom stereocenters. The predicted molar refractivity (Wildman–Crippen MR) is 131 cm³/mol. The van der Waals surface area contributed by atoms with Gasteiger partial charge in [-0.05, 0) is 55.5 Å². The lowest BCUT2D eigenvalue weighted by Crippen LogP contribution is -2.38. The summed E-state index contributed by atoms with van der Waals surface area (Å²) in [6, 6.07) is 16.7. The summed E-state index contributed by atoms with van der Waals surface area (Å²) in [5, 5.41) is 1.21. The first-order valence-electron chi connectivity index (χ1n) is 10.8. The van der Waals surface area contributed by atoms with Crippen molar-refractivity contribution in [1.82, 2.24) is 9.88 Å². The van der Waals surface area contributed by atoms with E-state index in [1.807, 2.05) is 11.3 Å². The Labute approximate surface area is 196 Å². The molecule has 1 fully saturated rings. The van der Waals surface area contributed by atoms with Crippen LogP contribution in [0.2, 0.25) is 0 Å². The van der Waals surface area contributed by atoms with Gasteiger partial charge >= 0.3 is 0 Å². The number of carbonyl (C=O) groups excluding carboxylic acids is 1. The summed E-state index contributed by atoms with van der Waals surface area (Å²) in [7, 11) is 0. The molecule has 5 heteroatoms. The van der Waals surface area contributed by atoms with Gasteiger partial charge in [-0.15, -0.1) is 11.3 Å². The van der Waals surface area contributed by atoms with Crippen LogP contribution in [0.5, 0.6) is 0 Å². The Morgan fingerprint density at radius 3 is 2.48 bits per heavy atom. The maximum Gasteiger partial charge on any atom is 0.250 e. The molecule has 1 aliphatic heterocycles. The topological polar surface area (TPSA) is 33.2 Å². The first-order chi connectivity index (χ1) is 15.0. The van der Waals surface area contributed by atoms with Crippen molar-refractivity contribution in [3.8, 4) is 11.3 Å². The molecule has 0 saturated carbocycles. The van der Waals surface area contributed by atoms with Gasteiger partial charge in [0, 0.05) is 45.9 Å². The number of fused-ring (bicyclic) bond motifs is 1. The number of aromatic nitrogens is 1. The number of hydrogen-bond acceptors (Lipinski definition) is 3. The molecule has 158 valence electrons. The number of rotatable bonds is 3. The fourth-order valence-corrected chi connectivity index (χ4v) is 6.13. The lowest BCUT2D eigenvalue weighted by molar-refractivity contribution is -0.128. The number of thiazole rings is 1. The van der Waals surface area contributed by atoms with Gasteiger partial charge < -0.3 is 4.90 Å². The van der Waals surface area contributed by atoms with Crippen LogP contribution in [-0.4, -0.2) is 28.9 Å². The molecule has 1 aromatic heterocycles. The van der Waals surface area contributed by atoms with Crippen molar-refractivity contribution in [2.75, 3.05) is 13.1 Å². The summed E-state index contributed by atoms with van der Waals surface area (Å²) >= 11 is 5.32. The number of allylic oxidation sites excluding steroid dienone is 1. The highest BCUT2D eigenvalue weighted by atomic mass is 79.9. The highest BCUT2D eigenvalue weighted by Crippen LogP contribution is 2.38. The number of amides is 1. The maximum absolute atomic E-state index is 13.2. The molecule has 2 aromatic carbocycles. The van der Waals surface area contributed by atoms with E-state index in [1.54, 1.807) is 0 Å². The van der Waals surface area contributed by atoms with E-state index in [1.165, 1.54) is 26.6 Å². The minimum atomic E-state index is 0.220. The number of aryl methyl sites for hydroxylation is 1. The monoisotopic (exact) mass is 492 g/mol. The molecule has 2 heterocycles. The summed E-state index contributed by atoms with van der Waals surface area (Å²) in [5.74, 6) is 0.658. The van der Waals surface area contributed by atoms with E-state index in [-0.39, 0.29) is 5.91 Å². The molecule has 3 aromatic rings. The Morgan fingerprint density at radius 1 is 1.06 bits per heavy atom. The van der Waals surface area contributed by atoms with E-state index in [0.717, 1.165) is 53.7 Å². The van der Waals surface area contributed by atoms with Gasteiger partial charge in [-0.2, -0.15) is 0 Å². The van der Waals surface area contributed by atoms with Crippen LogP contribution in [0.25, 0.3) is 16.8 Å².